The van der Waals surface area contributed by atoms with Crippen LogP contribution in [-0.2, 0) is 9.53 Å². The van der Waals surface area contributed by atoms with E-state index in [0.717, 1.165) is 29.4 Å². The standard InChI is InChI=1S/C23H31N3O3/c1-14-7-6-8-16-18(14)19(20(24-16)21(28)29-5)25-17(27)11-26-13-23(4)10-15(26)9-22(2,3)12-23/h6-8,15,24H,9-13H2,1-5H3,(H,25,27)/p+1/t15-,23-/m0/s1. The molecule has 2 fully saturated rings. The molecular weight excluding hydrogens is 366 g/mol. The lowest BCUT2D eigenvalue weighted by Gasteiger charge is -2.37. The van der Waals surface area contributed by atoms with Gasteiger partial charge in [0.05, 0.1) is 25.4 Å². The number of ether oxygens (including phenoxy) is 1. The maximum absolute atomic E-state index is 13.0. The van der Waals surface area contributed by atoms with E-state index in [4.69, 9.17) is 4.74 Å². The molecule has 156 valence electrons. The number of anilines is 1. The Labute approximate surface area is 172 Å². The molecule has 1 saturated carbocycles. The number of amides is 1. The van der Waals surface area contributed by atoms with Gasteiger partial charge >= 0.3 is 5.97 Å². The molecule has 3 N–H and O–H groups in total. The molecule has 1 unspecified atom stereocenters. The second-order valence-electron chi connectivity index (χ2n) is 10.2. The Bertz CT molecular complexity index is 977. The second kappa shape index (κ2) is 6.87. The number of aryl methyl sites for hydroxylation is 1. The number of esters is 1. The molecule has 1 aliphatic carbocycles. The van der Waals surface area contributed by atoms with Crippen LogP contribution in [0.3, 0.4) is 0 Å². The van der Waals surface area contributed by atoms with Crippen molar-refractivity contribution in [2.45, 2.75) is 53.0 Å². The summed E-state index contributed by atoms with van der Waals surface area (Å²) in [7, 11) is 1.35. The van der Waals surface area contributed by atoms with Gasteiger partial charge in [-0.2, -0.15) is 0 Å². The number of hydrogen-bond acceptors (Lipinski definition) is 3. The molecular formula is C23H32N3O3+. The number of methoxy groups -OCH3 is 1. The molecule has 4 rings (SSSR count). The number of fused-ring (bicyclic) bond motifs is 3. The van der Waals surface area contributed by atoms with Gasteiger partial charge in [-0.1, -0.05) is 32.9 Å². The lowest BCUT2D eigenvalue weighted by atomic mass is 9.65. The van der Waals surface area contributed by atoms with Crippen molar-refractivity contribution < 1.29 is 19.2 Å². The summed E-state index contributed by atoms with van der Waals surface area (Å²) in [6.07, 6.45) is 3.57. The minimum absolute atomic E-state index is 0.0525. The van der Waals surface area contributed by atoms with Crippen LogP contribution in [-0.4, -0.2) is 43.1 Å². The van der Waals surface area contributed by atoms with Gasteiger partial charge in [0.2, 0.25) is 0 Å². The highest BCUT2D eigenvalue weighted by atomic mass is 16.5. The maximum atomic E-state index is 13.0. The van der Waals surface area contributed by atoms with E-state index in [0.29, 0.717) is 34.8 Å². The lowest BCUT2D eigenvalue weighted by Crippen LogP contribution is -3.15. The van der Waals surface area contributed by atoms with Gasteiger partial charge in [-0.05, 0) is 30.4 Å². The van der Waals surface area contributed by atoms with E-state index in [1.165, 1.54) is 24.9 Å². The topological polar surface area (TPSA) is 75.6 Å². The van der Waals surface area contributed by atoms with Crippen molar-refractivity contribution in [3.8, 4) is 0 Å². The molecule has 1 aliphatic heterocycles. The highest BCUT2D eigenvalue weighted by Gasteiger charge is 2.53. The van der Waals surface area contributed by atoms with Crippen molar-refractivity contribution in [2.75, 3.05) is 25.5 Å². The van der Waals surface area contributed by atoms with E-state index in [9.17, 15) is 9.59 Å². The van der Waals surface area contributed by atoms with Crippen molar-refractivity contribution in [1.82, 2.24) is 4.98 Å². The average molecular weight is 399 g/mol. The summed E-state index contributed by atoms with van der Waals surface area (Å²) < 4.78 is 4.93. The zero-order valence-corrected chi connectivity index (χ0v) is 18.1. The Morgan fingerprint density at radius 3 is 2.76 bits per heavy atom. The molecule has 1 aromatic carbocycles. The van der Waals surface area contributed by atoms with Crippen LogP contribution in [0.4, 0.5) is 5.69 Å². The Morgan fingerprint density at radius 1 is 1.28 bits per heavy atom. The number of rotatable bonds is 4. The molecule has 2 aliphatic rings. The fraction of sp³-hybridized carbons (Fsp3) is 0.565. The van der Waals surface area contributed by atoms with Gasteiger partial charge in [-0.15, -0.1) is 0 Å². The smallest absolute Gasteiger partial charge is 0.356 e. The molecule has 1 saturated heterocycles. The molecule has 6 nitrogen and oxygen atoms in total. The number of likely N-dealkylation sites (tertiary alicyclic amines) is 1. The summed E-state index contributed by atoms with van der Waals surface area (Å²) in [5, 5.41) is 3.90. The largest absolute Gasteiger partial charge is 0.464 e. The molecule has 2 bridgehead atoms. The van der Waals surface area contributed by atoms with Crippen molar-refractivity contribution in [3.63, 3.8) is 0 Å². The maximum Gasteiger partial charge on any atom is 0.356 e. The van der Waals surface area contributed by atoms with E-state index in [1.807, 2.05) is 25.1 Å². The third-order valence-electron chi connectivity index (χ3n) is 6.75. The number of carbonyl (C=O) groups excluding carboxylic acids is 2. The number of nitrogens with one attached hydrogen (secondary N) is 3. The van der Waals surface area contributed by atoms with Gasteiger partial charge in [0.1, 0.15) is 5.69 Å². The monoisotopic (exact) mass is 398 g/mol. The van der Waals surface area contributed by atoms with Crippen molar-refractivity contribution >= 4 is 28.5 Å². The number of benzene rings is 1. The van der Waals surface area contributed by atoms with Gasteiger partial charge in [0.15, 0.2) is 6.54 Å². The third-order valence-corrected chi connectivity index (χ3v) is 6.75. The highest BCUT2D eigenvalue weighted by Crippen LogP contribution is 2.47. The molecule has 0 radical (unpaired) electrons. The first kappa shape index (κ1) is 20.0. The number of H-pyrrole nitrogens is 1. The summed E-state index contributed by atoms with van der Waals surface area (Å²) in [6.45, 7) is 10.5. The van der Waals surface area contributed by atoms with Crippen LogP contribution in [0.1, 0.15) is 56.1 Å². The van der Waals surface area contributed by atoms with E-state index < -0.39 is 5.97 Å². The van der Waals surface area contributed by atoms with E-state index in [1.54, 1.807) is 0 Å². The number of aromatic amines is 1. The summed E-state index contributed by atoms with van der Waals surface area (Å²) in [4.78, 5) is 29.8. The summed E-state index contributed by atoms with van der Waals surface area (Å²) in [5.74, 6) is -0.530. The first-order valence-corrected chi connectivity index (χ1v) is 10.4. The molecule has 3 atom stereocenters. The van der Waals surface area contributed by atoms with Crippen LogP contribution in [0.2, 0.25) is 0 Å². The van der Waals surface area contributed by atoms with Crippen LogP contribution in [0, 0.1) is 17.8 Å². The second-order valence-corrected chi connectivity index (χ2v) is 10.2. The van der Waals surface area contributed by atoms with E-state index >= 15 is 0 Å². The molecule has 1 amide bonds. The van der Waals surface area contributed by atoms with Crippen molar-refractivity contribution in [3.05, 3.63) is 29.5 Å². The zero-order valence-electron chi connectivity index (χ0n) is 18.1. The number of carbonyl (C=O) groups is 2. The first-order chi connectivity index (χ1) is 13.6. The van der Waals surface area contributed by atoms with Crippen LogP contribution in [0.5, 0.6) is 0 Å². The molecule has 2 heterocycles. The van der Waals surface area contributed by atoms with Crippen molar-refractivity contribution in [2.24, 2.45) is 10.8 Å². The van der Waals surface area contributed by atoms with Crippen LogP contribution in [0.15, 0.2) is 18.2 Å². The quantitative estimate of drug-likeness (QED) is 0.693. The highest BCUT2D eigenvalue weighted by molar-refractivity contribution is 6.12. The zero-order chi connectivity index (χ0) is 21.0. The molecule has 0 spiro atoms. The molecule has 6 heteroatoms. The van der Waals surface area contributed by atoms with Gasteiger partial charge < -0.3 is 19.9 Å². The molecule has 29 heavy (non-hydrogen) atoms. The predicted octanol–water partition coefficient (Wildman–Crippen LogP) is 2.68. The van der Waals surface area contributed by atoms with E-state index in [-0.39, 0.29) is 5.91 Å². The molecule has 1 aromatic heterocycles. The molecule has 2 aromatic rings. The summed E-state index contributed by atoms with van der Waals surface area (Å²) in [5.41, 5.74) is 3.30. The number of quaternary nitrogens is 1. The van der Waals surface area contributed by atoms with Crippen molar-refractivity contribution in [1.29, 1.82) is 0 Å². The first-order valence-electron chi connectivity index (χ1n) is 10.4. The summed E-state index contributed by atoms with van der Waals surface area (Å²) >= 11 is 0. The van der Waals surface area contributed by atoms with Crippen LogP contribution in [0.25, 0.3) is 10.9 Å². The Balaban J connectivity index is 1.58. The number of hydrogen-bond donors (Lipinski definition) is 3. The Morgan fingerprint density at radius 2 is 2.03 bits per heavy atom. The van der Waals surface area contributed by atoms with Crippen LogP contribution < -0.4 is 10.2 Å². The van der Waals surface area contributed by atoms with Gasteiger partial charge in [0.25, 0.3) is 5.91 Å². The predicted molar refractivity (Wildman–Crippen MR) is 113 cm³/mol. The Hall–Kier alpha value is -2.34. The van der Waals surface area contributed by atoms with Gasteiger partial charge in [-0.25, -0.2) is 4.79 Å². The minimum Gasteiger partial charge on any atom is -0.464 e. The van der Waals surface area contributed by atoms with Crippen LogP contribution >= 0.6 is 0 Å². The minimum atomic E-state index is -0.477. The lowest BCUT2D eigenvalue weighted by molar-refractivity contribution is -0.906. The SMILES string of the molecule is COC(=O)c1[nH]c2cccc(C)c2c1NC(=O)C[NH+]1C[C@@]2(C)C[C@@H]1CC(C)(C)C2. The third kappa shape index (κ3) is 3.66. The fourth-order valence-corrected chi connectivity index (χ4v) is 6.15. The number of aromatic nitrogens is 1. The normalized spacial score (nSPS) is 27.8. The summed E-state index contributed by atoms with van der Waals surface area (Å²) in [6, 6.07) is 6.34. The van der Waals surface area contributed by atoms with Gasteiger partial charge in [-0.3, -0.25) is 4.79 Å². The average Bonchev–Trinajstić information content (AvgIpc) is 3.09. The van der Waals surface area contributed by atoms with Gasteiger partial charge in [0, 0.05) is 29.2 Å². The fourth-order valence-electron chi connectivity index (χ4n) is 6.15. The Kier molecular flexibility index (Phi) is 4.73. The van der Waals surface area contributed by atoms with E-state index in [2.05, 4.69) is 31.1 Å².